The van der Waals surface area contributed by atoms with E-state index < -0.39 is 6.04 Å². The van der Waals surface area contributed by atoms with Gasteiger partial charge in [-0.1, -0.05) is 25.7 Å². The van der Waals surface area contributed by atoms with Crippen LogP contribution in [-0.4, -0.2) is 25.3 Å². The van der Waals surface area contributed by atoms with Crippen molar-refractivity contribution in [2.24, 2.45) is 0 Å². The molecular weight excluding hydrogens is 163 g/mol. The Bertz CT molecular complexity index is 117. The fourth-order valence-electron chi connectivity index (χ4n) is 0.664. The lowest BCUT2D eigenvalue weighted by atomic mass is 10.9. The van der Waals surface area contributed by atoms with E-state index in [2.05, 4.69) is 13.8 Å². The van der Waals surface area contributed by atoms with Crippen LogP contribution in [0.3, 0.4) is 0 Å². The lowest BCUT2D eigenvalue weighted by molar-refractivity contribution is 0.195. The maximum Gasteiger partial charge on any atom is 0.0752 e. The quantitative estimate of drug-likeness (QED) is 0.601. The molecule has 0 saturated heterocycles. The molecule has 0 radical (unpaired) electrons. The average molecular weight is 180 g/mol. The van der Waals surface area contributed by atoms with Crippen molar-refractivity contribution >= 4 is 17.8 Å². The third-order valence-electron chi connectivity index (χ3n) is 1.68. The van der Waals surface area contributed by atoms with E-state index in [1.54, 1.807) is 0 Å². The molecular formula is C7H17OPS. The Morgan fingerprint density at radius 1 is 1.20 bits per heavy atom. The Hall–Kier alpha value is 0.610. The van der Waals surface area contributed by atoms with Gasteiger partial charge in [-0.15, -0.1) is 0 Å². The molecule has 0 amide bonds. The van der Waals surface area contributed by atoms with Crippen LogP contribution in [0.5, 0.6) is 0 Å². The monoisotopic (exact) mass is 180 g/mol. The minimum atomic E-state index is -1.09. The van der Waals surface area contributed by atoms with E-state index in [0.29, 0.717) is 0 Å². The fraction of sp³-hybridized carbons (Fsp3) is 1.00. The van der Waals surface area contributed by atoms with Gasteiger partial charge in [-0.3, -0.25) is 0 Å². The smallest absolute Gasteiger partial charge is 0.0752 e. The predicted molar refractivity (Wildman–Crippen MR) is 51.9 cm³/mol. The van der Waals surface area contributed by atoms with Crippen molar-refractivity contribution in [3.05, 3.63) is 0 Å². The molecule has 0 aliphatic carbocycles. The first-order valence-electron chi connectivity index (χ1n) is 3.83. The number of hydrogen-bond donors (Lipinski definition) is 0. The zero-order chi connectivity index (χ0) is 8.04. The first kappa shape index (κ1) is 10.6. The van der Waals surface area contributed by atoms with Gasteiger partial charge in [-0.05, 0) is 25.3 Å². The van der Waals surface area contributed by atoms with Crippen LogP contribution < -0.4 is 0 Å². The summed E-state index contributed by atoms with van der Waals surface area (Å²) in [4.78, 5) is 0. The maximum absolute atomic E-state index is 5.46. The Morgan fingerprint density at radius 2 is 1.70 bits per heavy atom. The molecule has 62 valence electrons. The summed E-state index contributed by atoms with van der Waals surface area (Å²) < 4.78 is 5.33. The molecule has 0 aromatic carbocycles. The number of hydrogen-bond acceptors (Lipinski definition) is 2. The molecule has 0 rings (SSSR count). The molecule has 0 fully saturated rings. The van der Waals surface area contributed by atoms with Gasteiger partial charge in [0, 0.05) is 6.61 Å². The zero-order valence-electron chi connectivity index (χ0n) is 7.09. The van der Waals surface area contributed by atoms with Gasteiger partial charge in [-0.2, -0.15) is 0 Å². The summed E-state index contributed by atoms with van der Waals surface area (Å²) in [5.74, 6) is 0. The SMILES string of the molecule is CCOCP(=S)(CC)CC. The molecule has 0 saturated carbocycles. The van der Waals surface area contributed by atoms with E-state index in [9.17, 15) is 0 Å². The molecule has 0 aromatic heterocycles. The van der Waals surface area contributed by atoms with Gasteiger partial charge in [0.15, 0.2) is 0 Å². The summed E-state index contributed by atoms with van der Waals surface area (Å²) in [5, 5.41) is 0. The Balaban J connectivity index is 3.70. The molecule has 3 heteroatoms. The molecule has 0 spiro atoms. The molecule has 1 nitrogen and oxygen atoms in total. The van der Waals surface area contributed by atoms with E-state index >= 15 is 0 Å². The van der Waals surface area contributed by atoms with Gasteiger partial charge in [0.2, 0.25) is 0 Å². The van der Waals surface area contributed by atoms with Crippen molar-refractivity contribution in [2.45, 2.75) is 20.8 Å². The van der Waals surface area contributed by atoms with Crippen molar-refractivity contribution in [1.29, 1.82) is 0 Å². The summed E-state index contributed by atoms with van der Waals surface area (Å²) in [5.41, 5.74) is 0. The predicted octanol–water partition coefficient (Wildman–Crippen LogP) is 2.50. The van der Waals surface area contributed by atoms with E-state index in [1.165, 1.54) is 0 Å². The lowest BCUT2D eigenvalue weighted by Crippen LogP contribution is -1.99. The van der Waals surface area contributed by atoms with Crippen LogP contribution in [-0.2, 0) is 16.5 Å². The van der Waals surface area contributed by atoms with Crippen LogP contribution >= 0.6 is 6.04 Å². The highest BCUT2D eigenvalue weighted by molar-refractivity contribution is 8.14. The summed E-state index contributed by atoms with van der Waals surface area (Å²) in [6.07, 6.45) is 3.11. The topological polar surface area (TPSA) is 9.23 Å². The van der Waals surface area contributed by atoms with Gasteiger partial charge >= 0.3 is 0 Å². The summed E-state index contributed by atoms with van der Waals surface area (Å²) in [7, 11) is 0. The molecule has 0 aliphatic rings. The highest BCUT2D eigenvalue weighted by atomic mass is 32.4. The molecule has 0 heterocycles. The van der Waals surface area contributed by atoms with Gasteiger partial charge < -0.3 is 4.74 Å². The van der Waals surface area contributed by atoms with Crippen LogP contribution in [0, 0.1) is 0 Å². The highest BCUT2D eigenvalue weighted by Crippen LogP contribution is 2.44. The van der Waals surface area contributed by atoms with Crippen molar-refractivity contribution in [3.8, 4) is 0 Å². The third-order valence-corrected chi connectivity index (χ3v) is 6.51. The van der Waals surface area contributed by atoms with Crippen LogP contribution in [0.15, 0.2) is 0 Å². The van der Waals surface area contributed by atoms with Crippen molar-refractivity contribution in [1.82, 2.24) is 0 Å². The maximum atomic E-state index is 5.46. The Kier molecular flexibility index (Phi) is 5.61. The summed E-state index contributed by atoms with van der Waals surface area (Å²) >= 11 is 5.46. The highest BCUT2D eigenvalue weighted by Gasteiger charge is 2.10. The van der Waals surface area contributed by atoms with Crippen molar-refractivity contribution in [3.63, 3.8) is 0 Å². The molecule has 0 aromatic rings. The first-order valence-corrected chi connectivity index (χ1v) is 7.19. The zero-order valence-corrected chi connectivity index (χ0v) is 8.80. The second-order valence-corrected chi connectivity index (χ2v) is 8.28. The molecule has 0 bridgehead atoms. The van der Waals surface area contributed by atoms with Gasteiger partial charge in [0.05, 0.1) is 6.35 Å². The van der Waals surface area contributed by atoms with Crippen LogP contribution in [0.2, 0.25) is 0 Å². The number of ether oxygens (including phenoxy) is 1. The van der Waals surface area contributed by atoms with E-state index in [4.69, 9.17) is 16.5 Å². The standard InChI is InChI=1S/C7H17OPS/c1-4-8-7-9(10,5-2)6-3/h4-7H2,1-3H3. The Labute approximate surface area is 69.2 Å². The molecule has 0 unspecified atom stereocenters. The largest absolute Gasteiger partial charge is 0.376 e. The van der Waals surface area contributed by atoms with E-state index in [-0.39, 0.29) is 0 Å². The second-order valence-electron chi connectivity index (χ2n) is 2.31. The summed E-state index contributed by atoms with van der Waals surface area (Å²) in [6.45, 7) is 7.16. The lowest BCUT2D eigenvalue weighted by Gasteiger charge is -2.16. The first-order chi connectivity index (χ1) is 4.68. The van der Waals surface area contributed by atoms with Gasteiger partial charge in [0.25, 0.3) is 0 Å². The van der Waals surface area contributed by atoms with Crippen molar-refractivity contribution < 1.29 is 4.74 Å². The number of rotatable bonds is 5. The van der Waals surface area contributed by atoms with Crippen LogP contribution in [0.4, 0.5) is 0 Å². The van der Waals surface area contributed by atoms with Crippen molar-refractivity contribution in [2.75, 3.05) is 25.3 Å². The minimum absolute atomic E-state index is 0.804. The molecule has 0 aliphatic heterocycles. The van der Waals surface area contributed by atoms with Gasteiger partial charge in [0.1, 0.15) is 0 Å². The molecule has 0 N–H and O–H groups in total. The van der Waals surface area contributed by atoms with E-state index in [1.807, 2.05) is 6.92 Å². The van der Waals surface area contributed by atoms with Gasteiger partial charge in [-0.25, -0.2) is 0 Å². The minimum Gasteiger partial charge on any atom is -0.376 e. The van der Waals surface area contributed by atoms with Crippen LogP contribution in [0.1, 0.15) is 20.8 Å². The third kappa shape index (κ3) is 3.70. The average Bonchev–Trinajstić information content (AvgIpc) is 2.00. The molecule has 0 atom stereocenters. The fourth-order valence-corrected chi connectivity index (χ4v) is 2.22. The van der Waals surface area contributed by atoms with E-state index in [0.717, 1.165) is 25.3 Å². The summed E-state index contributed by atoms with van der Waals surface area (Å²) in [6, 6.07) is -1.09. The molecule has 10 heavy (non-hydrogen) atoms. The second kappa shape index (κ2) is 5.29. The Morgan fingerprint density at radius 3 is 2.00 bits per heavy atom. The van der Waals surface area contributed by atoms with Crippen LogP contribution in [0.25, 0.3) is 0 Å². The normalized spacial score (nSPS) is 11.9.